The maximum atomic E-state index is 13.9. The van der Waals surface area contributed by atoms with E-state index in [9.17, 15) is 13.2 Å². The van der Waals surface area contributed by atoms with Crippen molar-refractivity contribution >= 4 is 109 Å². The smallest absolute Gasteiger partial charge is 0.309 e. The SMILES string of the molecule is FC(F)(F)c1ccc(-c2ccc(-c3nc(-c4cc(-n5c6ccc(-c7ccccc7)cc6c6cc(-c7ccc8c(c7)c7cc(-c9ccccc9)ccc7n8-c7ccccc7)ccc65)cc(-n5c6ccc(-c7ccccc7)cc6c6cc(-c7ccc8c(c7)c7cc(-c9ccccc9)ccc7n8-c7ccccc7)ccc65)c4)nc4c3ccc3ccccc34)cc2)cc1. The minimum Gasteiger partial charge on any atom is -0.309 e. The molecule has 0 aliphatic carbocycles. The van der Waals surface area contributed by atoms with Gasteiger partial charge in [0.05, 0.1) is 60.9 Å². The second-order valence-electron chi connectivity index (χ2n) is 32.3. The number of hydrogen-bond acceptors (Lipinski definition) is 2. The third-order valence-corrected chi connectivity index (χ3v) is 25.2. The van der Waals surface area contributed by atoms with Crippen LogP contribution in [0.25, 0.3) is 232 Å². The molecule has 5 aromatic heterocycles. The lowest BCUT2D eigenvalue weighted by Gasteiger charge is -2.17. The monoisotopic (exact) mass is 1590 g/mol. The first-order valence-corrected chi connectivity index (χ1v) is 41.9. The Labute approximate surface area is 711 Å². The summed E-state index contributed by atoms with van der Waals surface area (Å²) in [5, 5.41) is 11.9. The minimum atomic E-state index is -4.46. The lowest BCUT2D eigenvalue weighted by molar-refractivity contribution is -0.137. The molecular formula is C115H71F3N6. The molecule has 0 radical (unpaired) electrons. The number of aromatic nitrogens is 6. The number of para-hydroxylation sites is 2. The predicted molar refractivity (Wildman–Crippen MR) is 508 cm³/mol. The van der Waals surface area contributed by atoms with Crippen LogP contribution in [0.5, 0.6) is 0 Å². The quantitative estimate of drug-likeness (QED) is 0.108. The molecule has 0 fully saturated rings. The molecule has 0 spiro atoms. The molecule has 124 heavy (non-hydrogen) atoms. The largest absolute Gasteiger partial charge is 0.416 e. The average Bonchev–Trinajstić information content (AvgIpc) is 1.56. The summed E-state index contributed by atoms with van der Waals surface area (Å²) in [7, 11) is 0. The van der Waals surface area contributed by atoms with Crippen molar-refractivity contribution in [3.63, 3.8) is 0 Å². The van der Waals surface area contributed by atoms with E-state index in [1.54, 1.807) is 0 Å². The van der Waals surface area contributed by atoms with Crippen molar-refractivity contribution in [2.75, 3.05) is 0 Å². The van der Waals surface area contributed by atoms with Gasteiger partial charge in [-0.1, -0.05) is 273 Å². The molecule has 0 atom stereocenters. The molecule has 19 aromatic carbocycles. The number of hydrogen-bond donors (Lipinski definition) is 0. The van der Waals surface area contributed by atoms with Crippen LogP contribution in [-0.2, 0) is 6.18 Å². The van der Waals surface area contributed by atoms with Gasteiger partial charge in [-0.25, -0.2) is 9.97 Å². The van der Waals surface area contributed by atoms with Gasteiger partial charge in [0.2, 0.25) is 0 Å². The third-order valence-electron chi connectivity index (χ3n) is 25.2. The van der Waals surface area contributed by atoms with Gasteiger partial charge in [0.1, 0.15) is 0 Å². The summed E-state index contributed by atoms with van der Waals surface area (Å²) in [6, 6.07) is 152. The fourth-order valence-corrected chi connectivity index (χ4v) is 19.2. The number of rotatable bonds is 13. The molecule has 24 rings (SSSR count). The predicted octanol–water partition coefficient (Wildman–Crippen LogP) is 31.2. The Morgan fingerprint density at radius 3 is 0.774 bits per heavy atom. The topological polar surface area (TPSA) is 45.5 Å². The van der Waals surface area contributed by atoms with E-state index >= 15 is 0 Å². The standard InChI is InChI=1S/C115H71F3N6/c116-115(117,118)89-50-39-77(40-51-89)76-35-37-79(38-36-76)112-95-52-41-78-29-19-20-34-94(78)113(95)120-114(119-112)88-61-92(123-108-55-44-82(74-25-11-3-12-26-74)65-98(108)102-69-86(48-59-110(102)123)84-46-57-106-100(67-84)96-63-80(72-21-7-1-8-22-72)42-53-104(96)121(106)90-30-15-5-16-31-90)71-93(62-88)124-109-56-45-83(75-27-13-4-14-28-75)66-99(109)103-70-87(49-60-111(103)124)85-47-58-107-101(68-85)97-64-81(73-23-9-2-10-24-73)43-54-105(97)122(107)91-32-17-6-18-33-91/h1-71H. The average molecular weight is 1590 g/mol. The molecule has 0 aliphatic rings. The molecule has 582 valence electrons. The van der Waals surface area contributed by atoms with E-state index in [0.717, 1.165) is 205 Å². The van der Waals surface area contributed by atoms with E-state index in [1.807, 2.05) is 24.3 Å². The molecule has 0 aliphatic heterocycles. The lowest BCUT2D eigenvalue weighted by atomic mass is 9.98. The third kappa shape index (κ3) is 12.1. The van der Waals surface area contributed by atoms with Crippen LogP contribution in [0.15, 0.2) is 431 Å². The molecule has 0 saturated heterocycles. The molecule has 9 heteroatoms. The van der Waals surface area contributed by atoms with Gasteiger partial charge < -0.3 is 18.3 Å². The van der Waals surface area contributed by atoms with E-state index in [-0.39, 0.29) is 0 Å². The van der Waals surface area contributed by atoms with E-state index < -0.39 is 11.7 Å². The highest BCUT2D eigenvalue weighted by atomic mass is 19.4. The van der Waals surface area contributed by atoms with Crippen LogP contribution in [0.4, 0.5) is 13.2 Å². The van der Waals surface area contributed by atoms with Gasteiger partial charge in [0, 0.05) is 87.7 Å². The highest BCUT2D eigenvalue weighted by molar-refractivity contribution is 6.17. The molecule has 0 unspecified atom stereocenters. The molecule has 0 amide bonds. The van der Waals surface area contributed by atoms with Gasteiger partial charge in [-0.3, -0.25) is 0 Å². The van der Waals surface area contributed by atoms with Gasteiger partial charge in [-0.2, -0.15) is 13.2 Å². The highest BCUT2D eigenvalue weighted by Gasteiger charge is 2.31. The van der Waals surface area contributed by atoms with Crippen LogP contribution in [0.3, 0.4) is 0 Å². The summed E-state index contributed by atoms with van der Waals surface area (Å²) in [5.41, 5.74) is 29.9. The zero-order valence-corrected chi connectivity index (χ0v) is 66.8. The maximum Gasteiger partial charge on any atom is 0.416 e. The van der Waals surface area contributed by atoms with E-state index in [1.165, 1.54) is 34.0 Å². The van der Waals surface area contributed by atoms with Crippen LogP contribution in [0.2, 0.25) is 0 Å². The van der Waals surface area contributed by atoms with Crippen molar-refractivity contribution in [3.05, 3.63) is 436 Å². The summed E-state index contributed by atoms with van der Waals surface area (Å²) in [5.74, 6) is 0.511. The molecular weight excluding hydrogens is 1520 g/mol. The van der Waals surface area contributed by atoms with E-state index in [0.29, 0.717) is 17.1 Å². The number of halogens is 3. The second kappa shape index (κ2) is 28.8. The molecule has 0 saturated carbocycles. The first kappa shape index (κ1) is 71.8. The number of fused-ring (bicyclic) bond motifs is 15. The number of nitrogens with zero attached hydrogens (tertiary/aromatic N) is 6. The minimum absolute atomic E-state index is 0.511. The van der Waals surface area contributed by atoms with Crippen LogP contribution in [0.1, 0.15) is 5.56 Å². The molecule has 6 nitrogen and oxygen atoms in total. The Morgan fingerprint density at radius 2 is 0.444 bits per heavy atom. The summed E-state index contributed by atoms with van der Waals surface area (Å²) >= 11 is 0. The normalized spacial score (nSPS) is 12.0. The zero-order chi connectivity index (χ0) is 82.3. The summed E-state index contributed by atoms with van der Waals surface area (Å²) in [4.78, 5) is 11.5. The molecule has 0 bridgehead atoms. The van der Waals surface area contributed by atoms with Gasteiger partial charge in [-0.15, -0.1) is 0 Å². The first-order chi connectivity index (χ1) is 61.1. The van der Waals surface area contributed by atoms with Gasteiger partial charge >= 0.3 is 6.18 Å². The maximum absolute atomic E-state index is 13.9. The Balaban J connectivity index is 0.745. The van der Waals surface area contributed by atoms with Crippen molar-refractivity contribution in [3.8, 4) is 123 Å². The number of benzene rings is 19. The summed E-state index contributed by atoms with van der Waals surface area (Å²) in [6.07, 6.45) is -4.46. The Bertz CT molecular complexity index is 8020. The van der Waals surface area contributed by atoms with E-state index in [2.05, 4.69) is 400 Å². The van der Waals surface area contributed by atoms with Gasteiger partial charge in [0.15, 0.2) is 5.82 Å². The van der Waals surface area contributed by atoms with E-state index in [4.69, 9.17) is 9.97 Å². The zero-order valence-electron chi connectivity index (χ0n) is 66.8. The van der Waals surface area contributed by atoms with Crippen LogP contribution in [0, 0.1) is 0 Å². The second-order valence-corrected chi connectivity index (χ2v) is 32.3. The lowest BCUT2D eigenvalue weighted by Crippen LogP contribution is -2.03. The Morgan fingerprint density at radius 1 is 0.177 bits per heavy atom. The summed E-state index contributed by atoms with van der Waals surface area (Å²) < 4.78 is 51.4. The van der Waals surface area contributed by atoms with Crippen molar-refractivity contribution in [2.24, 2.45) is 0 Å². The van der Waals surface area contributed by atoms with Crippen molar-refractivity contribution in [1.82, 2.24) is 28.2 Å². The summed E-state index contributed by atoms with van der Waals surface area (Å²) in [6.45, 7) is 0. The molecule has 0 N–H and O–H groups in total. The van der Waals surface area contributed by atoms with Crippen molar-refractivity contribution in [1.29, 1.82) is 0 Å². The highest BCUT2D eigenvalue weighted by Crippen LogP contribution is 2.47. The Kier molecular flexibility index (Phi) is 16.7. The van der Waals surface area contributed by atoms with Crippen LogP contribution in [-0.4, -0.2) is 28.2 Å². The van der Waals surface area contributed by atoms with Crippen molar-refractivity contribution < 1.29 is 13.2 Å². The van der Waals surface area contributed by atoms with Crippen LogP contribution < -0.4 is 0 Å². The molecule has 5 heterocycles. The van der Waals surface area contributed by atoms with Gasteiger partial charge in [-0.05, 0) is 241 Å². The van der Waals surface area contributed by atoms with Gasteiger partial charge in [0.25, 0.3) is 0 Å². The van der Waals surface area contributed by atoms with Crippen molar-refractivity contribution in [2.45, 2.75) is 6.18 Å². The molecule has 24 aromatic rings. The first-order valence-electron chi connectivity index (χ1n) is 41.9. The Hall–Kier alpha value is -16.2. The van der Waals surface area contributed by atoms with Crippen LogP contribution >= 0.6 is 0 Å². The fraction of sp³-hybridized carbons (Fsp3) is 0.00870. The number of alkyl halides is 3. The fourth-order valence-electron chi connectivity index (χ4n) is 19.2.